The zero-order valence-corrected chi connectivity index (χ0v) is 16.2. The van der Waals surface area contributed by atoms with Gasteiger partial charge in [0.2, 0.25) is 0 Å². The van der Waals surface area contributed by atoms with E-state index in [4.69, 9.17) is 9.47 Å². The highest BCUT2D eigenvalue weighted by Crippen LogP contribution is 2.29. The fourth-order valence-electron chi connectivity index (χ4n) is 3.03. The predicted molar refractivity (Wildman–Crippen MR) is 106 cm³/mol. The summed E-state index contributed by atoms with van der Waals surface area (Å²) in [7, 11) is 0. The first kappa shape index (κ1) is 19.5. The standard InChI is InChI=1S/C22H24N2O4/c1-14(2)28-18-11-9-17(10-12-18)20-19(15(3)23-22(26)24-20)21(25)27-13-16-7-5-4-6-8-16/h4-12,14,20H,13H2,1-3H3,(H2,23,24,26)/t20-/m0/s1. The van der Waals surface area contributed by atoms with E-state index in [9.17, 15) is 9.59 Å². The van der Waals surface area contributed by atoms with E-state index in [1.54, 1.807) is 6.92 Å². The van der Waals surface area contributed by atoms with Crippen LogP contribution in [0.4, 0.5) is 4.79 Å². The van der Waals surface area contributed by atoms with Crippen LogP contribution in [0.15, 0.2) is 65.9 Å². The molecule has 2 aromatic rings. The van der Waals surface area contributed by atoms with E-state index < -0.39 is 12.0 Å². The van der Waals surface area contributed by atoms with Crippen LogP contribution in [-0.2, 0) is 16.1 Å². The van der Waals surface area contributed by atoms with Crippen molar-refractivity contribution in [3.63, 3.8) is 0 Å². The molecule has 0 bridgehead atoms. The molecule has 6 heteroatoms. The molecule has 0 radical (unpaired) electrons. The molecule has 0 saturated heterocycles. The minimum Gasteiger partial charge on any atom is -0.491 e. The number of allylic oxidation sites excluding steroid dienone is 1. The summed E-state index contributed by atoms with van der Waals surface area (Å²) in [6.45, 7) is 5.77. The lowest BCUT2D eigenvalue weighted by molar-refractivity contribution is -0.140. The molecular formula is C22H24N2O4. The van der Waals surface area contributed by atoms with Gasteiger partial charge in [-0.15, -0.1) is 0 Å². The van der Waals surface area contributed by atoms with Gasteiger partial charge in [0.05, 0.1) is 17.7 Å². The lowest BCUT2D eigenvalue weighted by Gasteiger charge is -2.28. The van der Waals surface area contributed by atoms with Crippen LogP contribution in [0.25, 0.3) is 0 Å². The van der Waals surface area contributed by atoms with Gasteiger partial charge in [0.1, 0.15) is 12.4 Å². The molecular weight excluding hydrogens is 356 g/mol. The lowest BCUT2D eigenvalue weighted by Crippen LogP contribution is -2.45. The van der Waals surface area contributed by atoms with Gasteiger partial charge >= 0.3 is 12.0 Å². The Balaban J connectivity index is 1.81. The van der Waals surface area contributed by atoms with E-state index in [-0.39, 0.29) is 18.7 Å². The van der Waals surface area contributed by atoms with Crippen molar-refractivity contribution in [1.82, 2.24) is 10.6 Å². The molecule has 28 heavy (non-hydrogen) atoms. The molecule has 1 heterocycles. The SMILES string of the molecule is CC1=C(C(=O)OCc2ccccc2)[C@H](c2ccc(OC(C)C)cc2)NC(=O)N1. The fourth-order valence-corrected chi connectivity index (χ4v) is 3.03. The monoisotopic (exact) mass is 380 g/mol. The molecule has 0 spiro atoms. The summed E-state index contributed by atoms with van der Waals surface area (Å²) in [5.41, 5.74) is 2.54. The number of benzene rings is 2. The first-order valence-electron chi connectivity index (χ1n) is 9.20. The Kier molecular flexibility index (Phi) is 5.99. The third kappa shape index (κ3) is 4.71. The van der Waals surface area contributed by atoms with Gasteiger partial charge in [-0.25, -0.2) is 9.59 Å². The van der Waals surface area contributed by atoms with Crippen molar-refractivity contribution in [1.29, 1.82) is 0 Å². The van der Waals surface area contributed by atoms with Crippen LogP contribution >= 0.6 is 0 Å². The number of ether oxygens (including phenoxy) is 2. The van der Waals surface area contributed by atoms with Gasteiger partial charge < -0.3 is 20.1 Å². The minimum atomic E-state index is -0.592. The Labute approximate surface area is 164 Å². The molecule has 2 aromatic carbocycles. The Hall–Kier alpha value is -3.28. The van der Waals surface area contributed by atoms with E-state index in [0.717, 1.165) is 16.9 Å². The number of rotatable bonds is 6. The van der Waals surface area contributed by atoms with Gasteiger partial charge in [-0.1, -0.05) is 42.5 Å². The maximum Gasteiger partial charge on any atom is 0.338 e. The number of carbonyl (C=O) groups is 2. The summed E-state index contributed by atoms with van der Waals surface area (Å²) in [5.74, 6) is 0.259. The van der Waals surface area contributed by atoms with Gasteiger partial charge in [0, 0.05) is 5.70 Å². The van der Waals surface area contributed by atoms with E-state index >= 15 is 0 Å². The Morgan fingerprint density at radius 3 is 2.39 bits per heavy atom. The van der Waals surface area contributed by atoms with Gasteiger partial charge in [-0.05, 0) is 44.0 Å². The number of hydrogen-bond donors (Lipinski definition) is 2. The normalized spacial score (nSPS) is 16.4. The number of esters is 1. The highest BCUT2D eigenvalue weighted by Gasteiger charge is 2.32. The van der Waals surface area contributed by atoms with E-state index in [1.165, 1.54) is 0 Å². The van der Waals surface area contributed by atoms with Crippen LogP contribution in [0, 0.1) is 0 Å². The molecule has 1 aliphatic rings. The van der Waals surface area contributed by atoms with Gasteiger partial charge in [-0.2, -0.15) is 0 Å². The Morgan fingerprint density at radius 1 is 1.07 bits per heavy atom. The zero-order valence-electron chi connectivity index (χ0n) is 16.2. The molecule has 0 unspecified atom stereocenters. The number of nitrogens with one attached hydrogen (secondary N) is 2. The topological polar surface area (TPSA) is 76.7 Å². The third-order valence-electron chi connectivity index (χ3n) is 4.29. The molecule has 3 rings (SSSR count). The fraction of sp³-hybridized carbons (Fsp3) is 0.273. The number of hydrogen-bond acceptors (Lipinski definition) is 4. The van der Waals surface area contributed by atoms with Crippen LogP contribution in [0.3, 0.4) is 0 Å². The molecule has 2 amide bonds. The molecule has 1 aliphatic heterocycles. The van der Waals surface area contributed by atoms with E-state index in [1.807, 2.05) is 68.4 Å². The van der Waals surface area contributed by atoms with Gasteiger partial charge in [-0.3, -0.25) is 0 Å². The van der Waals surface area contributed by atoms with Crippen molar-refractivity contribution in [2.75, 3.05) is 0 Å². The first-order valence-corrected chi connectivity index (χ1v) is 9.20. The molecule has 2 N–H and O–H groups in total. The molecule has 0 saturated carbocycles. The smallest absolute Gasteiger partial charge is 0.338 e. The first-order chi connectivity index (χ1) is 13.4. The number of amides is 2. The quantitative estimate of drug-likeness (QED) is 0.747. The van der Waals surface area contributed by atoms with Crippen molar-refractivity contribution < 1.29 is 19.1 Å². The van der Waals surface area contributed by atoms with Crippen LogP contribution in [0.5, 0.6) is 5.75 Å². The van der Waals surface area contributed by atoms with Crippen molar-refractivity contribution in [3.8, 4) is 5.75 Å². The van der Waals surface area contributed by atoms with Crippen LogP contribution in [0.2, 0.25) is 0 Å². The van der Waals surface area contributed by atoms with Crippen molar-refractivity contribution in [3.05, 3.63) is 77.0 Å². The highest BCUT2D eigenvalue weighted by molar-refractivity contribution is 5.95. The second-order valence-corrected chi connectivity index (χ2v) is 6.87. The molecule has 0 aliphatic carbocycles. The minimum absolute atomic E-state index is 0.0649. The van der Waals surface area contributed by atoms with Gasteiger partial charge in [0.25, 0.3) is 0 Å². The highest BCUT2D eigenvalue weighted by atomic mass is 16.5. The average molecular weight is 380 g/mol. The molecule has 6 nitrogen and oxygen atoms in total. The second-order valence-electron chi connectivity index (χ2n) is 6.87. The predicted octanol–water partition coefficient (Wildman–Crippen LogP) is 3.85. The lowest BCUT2D eigenvalue weighted by atomic mass is 9.95. The molecule has 0 fully saturated rings. The molecule has 146 valence electrons. The Morgan fingerprint density at radius 2 is 1.75 bits per heavy atom. The summed E-state index contributed by atoms with van der Waals surface area (Å²) in [6, 6.07) is 15.8. The summed E-state index contributed by atoms with van der Waals surface area (Å²) in [4.78, 5) is 24.8. The maximum absolute atomic E-state index is 12.8. The summed E-state index contributed by atoms with van der Waals surface area (Å²) in [6.07, 6.45) is 0.0649. The summed E-state index contributed by atoms with van der Waals surface area (Å²) >= 11 is 0. The third-order valence-corrected chi connectivity index (χ3v) is 4.29. The Bertz CT molecular complexity index is 873. The summed E-state index contributed by atoms with van der Waals surface area (Å²) < 4.78 is 11.1. The second kappa shape index (κ2) is 8.61. The van der Waals surface area contributed by atoms with Crippen molar-refractivity contribution >= 4 is 12.0 Å². The van der Waals surface area contributed by atoms with Crippen LogP contribution in [0.1, 0.15) is 37.9 Å². The average Bonchev–Trinajstić information content (AvgIpc) is 2.66. The van der Waals surface area contributed by atoms with Crippen molar-refractivity contribution in [2.45, 2.75) is 39.5 Å². The zero-order chi connectivity index (χ0) is 20.1. The van der Waals surface area contributed by atoms with Crippen LogP contribution in [-0.4, -0.2) is 18.1 Å². The number of urea groups is 1. The number of carbonyl (C=O) groups excluding carboxylic acids is 2. The molecule has 0 aromatic heterocycles. The van der Waals surface area contributed by atoms with Gasteiger partial charge in [0.15, 0.2) is 0 Å². The summed E-state index contributed by atoms with van der Waals surface area (Å²) in [5, 5.41) is 5.45. The largest absolute Gasteiger partial charge is 0.491 e. The molecule has 1 atom stereocenters. The van der Waals surface area contributed by atoms with Crippen molar-refractivity contribution in [2.24, 2.45) is 0 Å². The van der Waals surface area contributed by atoms with Crippen LogP contribution < -0.4 is 15.4 Å². The maximum atomic E-state index is 12.8. The van der Waals surface area contributed by atoms with E-state index in [2.05, 4.69) is 10.6 Å². The van der Waals surface area contributed by atoms with E-state index in [0.29, 0.717) is 11.3 Å².